The van der Waals surface area contributed by atoms with Crippen LogP contribution in [0.5, 0.6) is 0 Å². The van der Waals surface area contributed by atoms with E-state index in [2.05, 4.69) is 28.6 Å². The predicted octanol–water partition coefficient (Wildman–Crippen LogP) is 1.07. The van der Waals surface area contributed by atoms with E-state index < -0.39 is 6.13 Å². The van der Waals surface area contributed by atoms with Gasteiger partial charge in [-0.05, 0) is 0 Å². The quantitative estimate of drug-likeness (QED) is 0.418. The van der Waals surface area contributed by atoms with Gasteiger partial charge in [-0.15, -0.1) is 12.2 Å². The van der Waals surface area contributed by atoms with Crippen LogP contribution >= 0.6 is 18.4 Å². The van der Waals surface area contributed by atoms with Gasteiger partial charge < -0.3 is 4.52 Å². The van der Waals surface area contributed by atoms with Gasteiger partial charge >= 0.3 is 0 Å². The molecule has 0 amide bonds. The summed E-state index contributed by atoms with van der Waals surface area (Å²) in [7, 11) is 1.56. The van der Waals surface area contributed by atoms with Gasteiger partial charge in [0.05, 0.1) is 0 Å². The van der Waals surface area contributed by atoms with Crippen LogP contribution in [0.1, 0.15) is 0 Å². The van der Waals surface area contributed by atoms with Gasteiger partial charge in [-0.2, -0.15) is 0 Å². The van der Waals surface area contributed by atoms with Crippen LogP contribution in [0.2, 0.25) is 0 Å². The minimum atomic E-state index is -1.10. The fourth-order valence-electron chi connectivity index (χ4n) is 0. The zero-order valence-corrected chi connectivity index (χ0v) is 5.47. The fourth-order valence-corrected chi connectivity index (χ4v) is 0. The third-order valence-corrected chi connectivity index (χ3v) is 1.57. The Morgan fingerprint density at radius 3 is 2.20 bits per heavy atom. The number of hydrogen-bond acceptors (Lipinski definition) is 2. The van der Waals surface area contributed by atoms with E-state index in [9.17, 15) is 0 Å². The molecular weight excluding hydrogens is 123 g/mol. The van der Waals surface area contributed by atoms with E-state index in [1.165, 1.54) is 0 Å². The average molecular weight is 128 g/mol. The van der Waals surface area contributed by atoms with E-state index in [0.717, 1.165) is 0 Å². The first-order chi connectivity index (χ1) is 2.27. The molecule has 0 heterocycles. The molecule has 0 radical (unpaired) electrons. The maximum atomic E-state index is 4.53. The van der Waals surface area contributed by atoms with Gasteiger partial charge in [0.15, 0.2) is 0 Å². The standard InChI is InChI=1S/CH5OPS2/c1-2-3(4)5/h3H,1H3,(H,4,5). The first kappa shape index (κ1) is 5.96. The molecule has 0 aliphatic heterocycles. The Morgan fingerprint density at radius 1 is 2.00 bits per heavy atom. The summed E-state index contributed by atoms with van der Waals surface area (Å²) in [5, 5.41) is 0. The summed E-state index contributed by atoms with van der Waals surface area (Å²) < 4.78 is 4.53. The predicted molar refractivity (Wildman–Crippen MR) is 31.7 cm³/mol. The Bertz CT molecular complexity index is 44.9. The highest BCUT2D eigenvalue weighted by molar-refractivity contribution is 8.54. The molecule has 0 saturated carbocycles. The third-order valence-electron chi connectivity index (χ3n) is 0.175. The van der Waals surface area contributed by atoms with E-state index in [0.29, 0.717) is 0 Å². The highest BCUT2D eigenvalue weighted by atomic mass is 32.9. The van der Waals surface area contributed by atoms with Crippen molar-refractivity contribution < 1.29 is 4.52 Å². The van der Waals surface area contributed by atoms with Gasteiger partial charge in [0.2, 0.25) is 0 Å². The molecule has 4 heteroatoms. The largest absolute Gasteiger partial charge is 0.347 e. The van der Waals surface area contributed by atoms with E-state index in [4.69, 9.17) is 0 Å². The summed E-state index contributed by atoms with van der Waals surface area (Å²) in [6, 6.07) is 0. The van der Waals surface area contributed by atoms with Crippen LogP contribution in [0, 0.1) is 0 Å². The minimum absolute atomic E-state index is 1.10. The van der Waals surface area contributed by atoms with Crippen LogP contribution in [0.25, 0.3) is 0 Å². The molecule has 1 atom stereocenters. The van der Waals surface area contributed by atoms with Crippen molar-refractivity contribution in [2.75, 3.05) is 7.11 Å². The van der Waals surface area contributed by atoms with Crippen molar-refractivity contribution in [2.24, 2.45) is 0 Å². The zero-order valence-electron chi connectivity index (χ0n) is 2.76. The molecule has 32 valence electrons. The molecule has 0 aromatic heterocycles. The lowest BCUT2D eigenvalue weighted by molar-refractivity contribution is 0.484. The maximum Gasteiger partial charge on any atom is 0.104 e. The Hall–Kier alpha value is 0.960. The summed E-state index contributed by atoms with van der Waals surface area (Å²) in [6.45, 7) is 0. The summed E-state index contributed by atoms with van der Waals surface area (Å²) in [6.07, 6.45) is -1.10. The van der Waals surface area contributed by atoms with Crippen molar-refractivity contribution >= 4 is 30.2 Å². The van der Waals surface area contributed by atoms with Crippen LogP contribution in [-0.4, -0.2) is 7.11 Å². The highest BCUT2D eigenvalue weighted by Gasteiger charge is 1.67. The topological polar surface area (TPSA) is 9.23 Å². The molecule has 1 nitrogen and oxygen atoms in total. The second-order valence-corrected chi connectivity index (χ2v) is 4.65. The molecule has 1 unspecified atom stereocenters. The molecule has 0 N–H and O–H groups in total. The van der Waals surface area contributed by atoms with E-state index in [-0.39, 0.29) is 0 Å². The van der Waals surface area contributed by atoms with Crippen molar-refractivity contribution in [1.29, 1.82) is 0 Å². The second kappa shape index (κ2) is 3.16. The minimum Gasteiger partial charge on any atom is -0.347 e. The summed E-state index contributed by atoms with van der Waals surface area (Å²) in [5.74, 6) is 0. The first-order valence-corrected chi connectivity index (χ1v) is 4.87. The van der Waals surface area contributed by atoms with Crippen molar-refractivity contribution in [3.05, 3.63) is 0 Å². The Labute approximate surface area is 42.4 Å². The molecule has 5 heavy (non-hydrogen) atoms. The molecule has 0 aliphatic rings. The van der Waals surface area contributed by atoms with E-state index in [1.807, 2.05) is 0 Å². The summed E-state index contributed by atoms with van der Waals surface area (Å²) in [5.41, 5.74) is 0. The van der Waals surface area contributed by atoms with Gasteiger partial charge in [-0.25, -0.2) is 0 Å². The zero-order chi connectivity index (χ0) is 4.28. The van der Waals surface area contributed by atoms with E-state index >= 15 is 0 Å². The van der Waals surface area contributed by atoms with Crippen LogP contribution in [-0.2, 0) is 16.3 Å². The van der Waals surface area contributed by atoms with Crippen molar-refractivity contribution in [3.63, 3.8) is 0 Å². The number of thiol groups is 1. The second-order valence-electron chi connectivity index (χ2n) is 0.470. The smallest absolute Gasteiger partial charge is 0.104 e. The van der Waals surface area contributed by atoms with Crippen LogP contribution in [0.4, 0.5) is 0 Å². The van der Waals surface area contributed by atoms with Gasteiger partial charge in [0, 0.05) is 7.11 Å². The lowest BCUT2D eigenvalue weighted by Gasteiger charge is -1.82. The Kier molecular flexibility index (Phi) is 3.77. The molecule has 0 aliphatic carbocycles. The first-order valence-electron chi connectivity index (χ1n) is 1.04. The third kappa shape index (κ3) is 4.96. The fraction of sp³-hybridized carbons (Fsp3) is 1.00. The molecule has 0 rings (SSSR count). The highest BCUT2D eigenvalue weighted by Crippen LogP contribution is 2.24. The van der Waals surface area contributed by atoms with Gasteiger partial charge in [-0.3, -0.25) is 0 Å². The lowest BCUT2D eigenvalue weighted by atomic mass is 11.8. The Morgan fingerprint density at radius 2 is 2.20 bits per heavy atom. The maximum absolute atomic E-state index is 4.53. The molecule has 0 bridgehead atoms. The molecule has 0 aromatic carbocycles. The van der Waals surface area contributed by atoms with Gasteiger partial charge in [0.25, 0.3) is 0 Å². The Balaban J connectivity index is 2.85. The van der Waals surface area contributed by atoms with Crippen molar-refractivity contribution in [1.82, 2.24) is 0 Å². The van der Waals surface area contributed by atoms with Gasteiger partial charge in [0.1, 0.15) is 6.13 Å². The van der Waals surface area contributed by atoms with Gasteiger partial charge in [-0.1, -0.05) is 11.8 Å². The number of hydrogen-bond donors (Lipinski definition) is 1. The average Bonchev–Trinajstić information content (AvgIpc) is 1.38. The monoisotopic (exact) mass is 128 g/mol. The van der Waals surface area contributed by atoms with Crippen LogP contribution < -0.4 is 0 Å². The molecule has 0 aromatic rings. The van der Waals surface area contributed by atoms with Crippen molar-refractivity contribution in [3.8, 4) is 0 Å². The lowest BCUT2D eigenvalue weighted by Crippen LogP contribution is -1.49. The molecule has 0 saturated heterocycles. The molecular formula is CH5OPS2. The SMILES string of the molecule is CO[PH](=S)S. The van der Waals surface area contributed by atoms with Crippen LogP contribution in [0.3, 0.4) is 0 Å². The van der Waals surface area contributed by atoms with Crippen molar-refractivity contribution in [2.45, 2.75) is 0 Å². The summed E-state index contributed by atoms with van der Waals surface area (Å²) >= 11 is 8.32. The molecule has 0 spiro atoms. The summed E-state index contributed by atoms with van der Waals surface area (Å²) in [4.78, 5) is 0. The molecule has 0 fully saturated rings. The normalized spacial score (nSPS) is 14.8. The number of rotatable bonds is 1. The van der Waals surface area contributed by atoms with Crippen LogP contribution in [0.15, 0.2) is 0 Å². The van der Waals surface area contributed by atoms with E-state index in [1.54, 1.807) is 7.11 Å².